The second kappa shape index (κ2) is 10.5. The summed E-state index contributed by atoms with van der Waals surface area (Å²) in [5, 5.41) is 51.4. The molecule has 0 bridgehead atoms. The van der Waals surface area contributed by atoms with Gasteiger partial charge in [0.2, 0.25) is 0 Å². The molecule has 0 unspecified atom stereocenters. The zero-order chi connectivity index (χ0) is 33.1. The van der Waals surface area contributed by atoms with Gasteiger partial charge in [0.05, 0.1) is 11.5 Å². The van der Waals surface area contributed by atoms with Crippen LogP contribution in [0.3, 0.4) is 0 Å². The molecule has 254 valence electrons. The number of aliphatic hydroxyl groups excluding tert-OH is 3. The molecule has 9 nitrogen and oxygen atoms in total. The van der Waals surface area contributed by atoms with Crippen molar-refractivity contribution < 1.29 is 44.6 Å². The first kappa shape index (κ1) is 33.4. The largest absolute Gasteiger partial charge is 0.481 e. The van der Waals surface area contributed by atoms with Crippen LogP contribution >= 0.6 is 0 Å². The zero-order valence-corrected chi connectivity index (χ0v) is 28.2. The smallest absolute Gasteiger partial charge is 0.335 e. The van der Waals surface area contributed by atoms with Crippen molar-refractivity contribution in [2.24, 2.45) is 50.2 Å². The van der Waals surface area contributed by atoms with E-state index >= 15 is 0 Å². The fraction of sp³-hybridized carbons (Fsp3) is 0.889. The van der Waals surface area contributed by atoms with Crippen molar-refractivity contribution >= 4 is 11.9 Å². The van der Waals surface area contributed by atoms with E-state index in [9.17, 15) is 35.1 Å². The van der Waals surface area contributed by atoms with Gasteiger partial charge >= 0.3 is 11.9 Å². The Morgan fingerprint density at radius 2 is 1.49 bits per heavy atom. The van der Waals surface area contributed by atoms with Gasteiger partial charge in [-0.15, -0.1) is 0 Å². The number of rotatable bonds is 4. The first-order valence-electron chi connectivity index (χ1n) is 17.3. The molecule has 0 aromatic carbocycles. The monoisotopic (exact) mass is 632 g/mol. The number of carbonyl (C=O) groups is 2. The third kappa shape index (κ3) is 4.57. The number of fused-ring (bicyclic) bond motifs is 7. The van der Waals surface area contributed by atoms with E-state index in [2.05, 4.69) is 54.5 Å². The van der Waals surface area contributed by atoms with Gasteiger partial charge in [0, 0.05) is 0 Å². The van der Waals surface area contributed by atoms with Crippen molar-refractivity contribution in [1.82, 2.24) is 0 Å². The minimum Gasteiger partial charge on any atom is -0.481 e. The van der Waals surface area contributed by atoms with Crippen LogP contribution in [-0.4, -0.2) is 74.3 Å². The standard InChI is InChI=1S/C36H56O9/c1-31(2)14-16-36(30(42)43)17-15-34(6)19(20(36)18-31)8-9-22-33(5)12-11-23(32(3,4)21(33)10-13-35(22,34)7)44-29-26(39)24(37)25(38)27(45-29)28(40)41/h8,20-27,29,37-39H,9-18H2,1-7H3,(H,40,41)(H,42,43)/t20-,21+,22-,23+,24+,25+,26-,27+,29+,33+,34+,35+,36-/m1/s1. The van der Waals surface area contributed by atoms with Gasteiger partial charge in [-0.25, -0.2) is 4.79 Å². The maximum atomic E-state index is 12.9. The lowest BCUT2D eigenvalue weighted by Gasteiger charge is -2.71. The molecule has 0 radical (unpaired) electrons. The Bertz CT molecular complexity index is 1260. The summed E-state index contributed by atoms with van der Waals surface area (Å²) >= 11 is 0. The molecule has 45 heavy (non-hydrogen) atoms. The normalized spacial score (nSPS) is 51.9. The third-order valence-electron chi connectivity index (χ3n) is 15.1. The summed E-state index contributed by atoms with van der Waals surface area (Å²) < 4.78 is 11.9. The second-order valence-electron chi connectivity index (χ2n) is 17.9. The van der Waals surface area contributed by atoms with E-state index in [4.69, 9.17) is 9.47 Å². The number of aliphatic carboxylic acids is 2. The predicted molar refractivity (Wildman–Crippen MR) is 166 cm³/mol. The summed E-state index contributed by atoms with van der Waals surface area (Å²) in [5.74, 6) is -1.24. The Morgan fingerprint density at radius 3 is 2.13 bits per heavy atom. The molecule has 13 atom stereocenters. The van der Waals surface area contributed by atoms with Crippen LogP contribution in [0.5, 0.6) is 0 Å². The number of carboxylic acid groups (broad SMARTS) is 2. The summed E-state index contributed by atoms with van der Waals surface area (Å²) in [6.07, 6.45) is 2.94. The highest BCUT2D eigenvalue weighted by Crippen LogP contribution is 2.76. The summed E-state index contributed by atoms with van der Waals surface area (Å²) in [4.78, 5) is 24.6. The second-order valence-corrected chi connectivity index (χ2v) is 17.9. The molecule has 1 aliphatic heterocycles. The average molecular weight is 633 g/mol. The number of hydrogen-bond acceptors (Lipinski definition) is 7. The van der Waals surface area contributed by atoms with Gasteiger partial charge in [0.1, 0.15) is 18.3 Å². The number of carboxylic acids is 2. The van der Waals surface area contributed by atoms with E-state index in [1.54, 1.807) is 0 Å². The van der Waals surface area contributed by atoms with Crippen LogP contribution in [0, 0.1) is 50.2 Å². The predicted octanol–water partition coefficient (Wildman–Crippen LogP) is 5.15. The van der Waals surface area contributed by atoms with Gasteiger partial charge in [-0.3, -0.25) is 4.79 Å². The quantitative estimate of drug-likeness (QED) is 0.209. The molecule has 6 rings (SSSR count). The number of aliphatic hydroxyl groups is 3. The van der Waals surface area contributed by atoms with Crippen molar-refractivity contribution in [2.75, 3.05) is 0 Å². The van der Waals surface area contributed by atoms with Gasteiger partial charge < -0.3 is 35.0 Å². The Balaban J connectivity index is 1.29. The van der Waals surface area contributed by atoms with E-state index in [0.717, 1.165) is 57.8 Å². The minimum atomic E-state index is -1.75. The van der Waals surface area contributed by atoms with E-state index in [1.165, 1.54) is 5.57 Å². The van der Waals surface area contributed by atoms with Crippen molar-refractivity contribution in [3.63, 3.8) is 0 Å². The maximum Gasteiger partial charge on any atom is 0.335 e. The molecule has 9 heteroatoms. The van der Waals surface area contributed by atoms with E-state index < -0.39 is 48.1 Å². The summed E-state index contributed by atoms with van der Waals surface area (Å²) in [6, 6.07) is 0. The topological polar surface area (TPSA) is 154 Å². The van der Waals surface area contributed by atoms with Gasteiger partial charge in [0.15, 0.2) is 12.4 Å². The molecule has 5 fully saturated rings. The Hall–Kier alpha value is -1.52. The van der Waals surface area contributed by atoms with Crippen LogP contribution in [0.2, 0.25) is 0 Å². The molecule has 6 aliphatic rings. The molecular formula is C36H56O9. The van der Waals surface area contributed by atoms with Crippen LogP contribution in [0.25, 0.3) is 0 Å². The van der Waals surface area contributed by atoms with Crippen molar-refractivity contribution in [3.05, 3.63) is 11.6 Å². The van der Waals surface area contributed by atoms with Gasteiger partial charge in [-0.2, -0.15) is 0 Å². The lowest BCUT2D eigenvalue weighted by molar-refractivity contribution is -0.324. The van der Waals surface area contributed by atoms with Crippen LogP contribution in [-0.2, 0) is 19.1 Å². The lowest BCUT2D eigenvalue weighted by atomic mass is 9.33. The van der Waals surface area contributed by atoms with Crippen molar-refractivity contribution in [1.29, 1.82) is 0 Å². The Morgan fingerprint density at radius 1 is 0.822 bits per heavy atom. The number of hydrogen-bond donors (Lipinski definition) is 5. The van der Waals surface area contributed by atoms with Crippen LogP contribution in [0.15, 0.2) is 11.6 Å². The Kier molecular flexibility index (Phi) is 7.78. The molecule has 4 saturated carbocycles. The zero-order valence-electron chi connectivity index (χ0n) is 28.2. The highest BCUT2D eigenvalue weighted by molar-refractivity contribution is 5.76. The highest BCUT2D eigenvalue weighted by atomic mass is 16.7. The molecule has 0 aromatic heterocycles. The Labute approximate surface area is 267 Å². The first-order chi connectivity index (χ1) is 20.7. The maximum absolute atomic E-state index is 12.9. The summed E-state index contributed by atoms with van der Waals surface area (Å²) in [5.41, 5.74) is 0.508. The summed E-state index contributed by atoms with van der Waals surface area (Å²) in [7, 11) is 0. The van der Waals surface area contributed by atoms with Gasteiger partial charge in [0.25, 0.3) is 0 Å². The average Bonchev–Trinajstić information content (AvgIpc) is 2.94. The SMILES string of the molecule is CC1(C)CC[C@@]2(C(=O)O)CC[C@@]3(C)C(=CC[C@@H]4[C@@]5(C)CC[C@H](O[C@H]6O[C@H](C(=O)O)[C@@H](O)[C@H](O)[C@H]6O)C(C)(C)[C@@H]5CC[C@@]43C)[C@H]2C1. The molecular weight excluding hydrogens is 576 g/mol. The fourth-order valence-electron chi connectivity index (χ4n) is 12.2. The molecule has 0 amide bonds. The van der Waals surface area contributed by atoms with Crippen LogP contribution in [0.4, 0.5) is 0 Å². The lowest BCUT2D eigenvalue weighted by Crippen LogP contribution is -2.66. The van der Waals surface area contributed by atoms with E-state index in [0.29, 0.717) is 18.3 Å². The number of allylic oxidation sites excluding steroid dienone is 2. The van der Waals surface area contributed by atoms with Crippen molar-refractivity contribution in [2.45, 2.75) is 149 Å². The number of ether oxygens (including phenoxy) is 2. The van der Waals surface area contributed by atoms with E-state index in [1.807, 2.05) is 0 Å². The molecule has 1 heterocycles. The molecule has 1 saturated heterocycles. The van der Waals surface area contributed by atoms with Gasteiger partial charge in [-0.1, -0.05) is 60.1 Å². The first-order valence-corrected chi connectivity index (χ1v) is 17.3. The highest BCUT2D eigenvalue weighted by Gasteiger charge is 2.69. The van der Waals surface area contributed by atoms with Crippen molar-refractivity contribution in [3.8, 4) is 0 Å². The molecule has 0 spiro atoms. The summed E-state index contributed by atoms with van der Waals surface area (Å²) in [6.45, 7) is 16.4. The molecule has 5 aliphatic carbocycles. The molecule has 5 N–H and O–H groups in total. The van der Waals surface area contributed by atoms with Crippen LogP contribution < -0.4 is 0 Å². The van der Waals surface area contributed by atoms with E-state index in [-0.39, 0.29) is 39.1 Å². The third-order valence-corrected chi connectivity index (χ3v) is 15.1. The molecule has 0 aromatic rings. The fourth-order valence-corrected chi connectivity index (χ4v) is 12.2. The van der Waals surface area contributed by atoms with Crippen LogP contribution in [0.1, 0.15) is 113 Å². The van der Waals surface area contributed by atoms with Gasteiger partial charge in [-0.05, 0) is 109 Å². The minimum absolute atomic E-state index is 0.0000841.